The lowest BCUT2D eigenvalue weighted by Gasteiger charge is -2.27. The van der Waals surface area contributed by atoms with Gasteiger partial charge in [-0.3, -0.25) is 0 Å². The first-order valence-electron chi connectivity index (χ1n) is 17.5. The zero-order valence-electron chi connectivity index (χ0n) is 28.0. The topological polar surface area (TPSA) is 16.4 Å². The van der Waals surface area contributed by atoms with Gasteiger partial charge in [-0.25, -0.2) is 0 Å². The highest BCUT2D eigenvalue weighted by molar-refractivity contribution is 6.11. The van der Waals surface area contributed by atoms with Gasteiger partial charge >= 0.3 is 0 Å². The average Bonchev–Trinajstić information content (AvgIpc) is 3.77. The number of nitrogens with zero attached hydrogens (tertiary/aromatic N) is 1. The second kappa shape index (κ2) is 12.0. The molecule has 2 nitrogen and oxygen atoms in total. The van der Waals surface area contributed by atoms with Crippen molar-refractivity contribution < 1.29 is 4.42 Å². The third-order valence-electron chi connectivity index (χ3n) is 10.3. The molecule has 8 aromatic carbocycles. The highest BCUT2D eigenvalue weighted by Crippen LogP contribution is 2.46. The first-order valence-corrected chi connectivity index (χ1v) is 17.5. The van der Waals surface area contributed by atoms with Crippen molar-refractivity contribution >= 4 is 39.0 Å². The van der Waals surface area contributed by atoms with Gasteiger partial charge in [0.2, 0.25) is 0 Å². The quantitative estimate of drug-likeness (QED) is 0.178. The number of rotatable bonds is 6. The minimum Gasteiger partial charge on any atom is -0.455 e. The molecule has 0 atom stereocenters. The number of hydrogen-bond donors (Lipinski definition) is 0. The summed E-state index contributed by atoms with van der Waals surface area (Å²) in [5, 5.41) is 2.21. The van der Waals surface area contributed by atoms with E-state index in [2.05, 4.69) is 187 Å². The lowest BCUT2D eigenvalue weighted by Crippen LogP contribution is -2.10. The summed E-state index contributed by atoms with van der Waals surface area (Å²) in [5.74, 6) is 0. The molecule has 0 unspecified atom stereocenters. The smallest absolute Gasteiger partial charge is 0.143 e. The van der Waals surface area contributed by atoms with E-state index in [0.29, 0.717) is 0 Å². The van der Waals surface area contributed by atoms with Gasteiger partial charge in [0, 0.05) is 33.4 Å². The normalized spacial score (nSPS) is 11.8. The Kier molecular flexibility index (Phi) is 6.92. The Morgan fingerprint density at radius 3 is 1.67 bits per heavy atom. The maximum absolute atomic E-state index is 6.64. The second-order valence-electron chi connectivity index (χ2n) is 13.3. The maximum Gasteiger partial charge on any atom is 0.143 e. The Balaban J connectivity index is 1.17. The van der Waals surface area contributed by atoms with E-state index >= 15 is 0 Å². The van der Waals surface area contributed by atoms with Gasteiger partial charge in [0.15, 0.2) is 0 Å². The summed E-state index contributed by atoms with van der Waals surface area (Å²) in [5.41, 5.74) is 17.5. The highest BCUT2D eigenvalue weighted by Gasteiger charge is 2.23. The van der Waals surface area contributed by atoms with Gasteiger partial charge in [-0.2, -0.15) is 0 Å². The van der Waals surface area contributed by atoms with Crippen molar-refractivity contribution in [2.45, 2.75) is 6.42 Å². The summed E-state index contributed by atoms with van der Waals surface area (Å²) in [4.78, 5) is 2.40. The number of para-hydroxylation sites is 1. The van der Waals surface area contributed by atoms with Gasteiger partial charge in [0.05, 0.1) is 0 Å². The first kappa shape index (κ1) is 29.3. The van der Waals surface area contributed by atoms with E-state index in [9.17, 15) is 0 Å². The molecule has 10 rings (SSSR count). The van der Waals surface area contributed by atoms with Gasteiger partial charge in [-0.15, -0.1) is 0 Å². The molecule has 1 aromatic heterocycles. The second-order valence-corrected chi connectivity index (χ2v) is 13.3. The van der Waals surface area contributed by atoms with Crippen molar-refractivity contribution in [3.8, 4) is 44.5 Å². The Bertz CT molecular complexity index is 2690. The minimum absolute atomic E-state index is 0.890. The number of hydrogen-bond acceptors (Lipinski definition) is 2. The van der Waals surface area contributed by atoms with Crippen LogP contribution in [0.1, 0.15) is 11.1 Å². The molecule has 1 aliphatic rings. The highest BCUT2D eigenvalue weighted by atomic mass is 16.3. The van der Waals surface area contributed by atoms with Gasteiger partial charge in [-0.05, 0) is 99.0 Å². The Hall–Kier alpha value is -6.64. The molecular formula is C49H33NO. The van der Waals surface area contributed by atoms with Gasteiger partial charge in [0.25, 0.3) is 0 Å². The Labute approximate surface area is 297 Å². The molecule has 0 spiro atoms. The zero-order chi connectivity index (χ0) is 33.7. The van der Waals surface area contributed by atoms with Gasteiger partial charge in [-0.1, -0.05) is 146 Å². The van der Waals surface area contributed by atoms with E-state index in [0.717, 1.165) is 56.5 Å². The molecule has 0 saturated heterocycles. The molecule has 2 heteroatoms. The van der Waals surface area contributed by atoms with E-state index in [1.165, 1.54) is 44.5 Å². The number of benzene rings is 8. The van der Waals surface area contributed by atoms with E-state index < -0.39 is 0 Å². The summed E-state index contributed by atoms with van der Waals surface area (Å²) < 4.78 is 6.64. The molecule has 0 N–H and O–H groups in total. The molecule has 0 fully saturated rings. The Morgan fingerprint density at radius 2 is 0.922 bits per heavy atom. The molecule has 51 heavy (non-hydrogen) atoms. The van der Waals surface area contributed by atoms with Crippen molar-refractivity contribution in [3.63, 3.8) is 0 Å². The summed E-state index contributed by atoms with van der Waals surface area (Å²) in [6.45, 7) is 0. The van der Waals surface area contributed by atoms with Crippen LogP contribution in [-0.2, 0) is 6.42 Å². The van der Waals surface area contributed by atoms with Crippen LogP contribution in [0, 0.1) is 0 Å². The van der Waals surface area contributed by atoms with E-state index in [1.807, 2.05) is 6.07 Å². The van der Waals surface area contributed by atoms with Crippen LogP contribution in [0.2, 0.25) is 0 Å². The molecule has 0 saturated carbocycles. The fraction of sp³-hybridized carbons (Fsp3) is 0.0204. The van der Waals surface area contributed by atoms with Crippen molar-refractivity contribution in [2.75, 3.05) is 4.90 Å². The molecule has 0 aliphatic heterocycles. The predicted molar refractivity (Wildman–Crippen MR) is 213 cm³/mol. The monoisotopic (exact) mass is 651 g/mol. The van der Waals surface area contributed by atoms with Crippen LogP contribution in [0.3, 0.4) is 0 Å². The average molecular weight is 652 g/mol. The summed E-state index contributed by atoms with van der Waals surface area (Å²) >= 11 is 0. The first-order chi connectivity index (χ1) is 25.3. The standard InChI is InChI=1S/C49H33NO/c1-3-11-33(12-4-1)35-19-21-37(22-20-35)46-31-42(32-47-45-17-9-10-18-48(45)51-49(46)47)50(40-25-23-36(24-26-40)34-13-5-2-6-14-34)41-27-28-44-39(30-41)29-38-15-7-8-16-43(38)44/h1-28,30-32H,29H2. The van der Waals surface area contributed by atoms with Crippen molar-refractivity contribution in [1.29, 1.82) is 0 Å². The van der Waals surface area contributed by atoms with Crippen LogP contribution < -0.4 is 4.90 Å². The Morgan fingerprint density at radius 1 is 0.353 bits per heavy atom. The molecule has 240 valence electrons. The summed E-state index contributed by atoms with van der Waals surface area (Å²) in [6.07, 6.45) is 0.935. The van der Waals surface area contributed by atoms with Crippen LogP contribution in [0.4, 0.5) is 17.1 Å². The number of anilines is 3. The van der Waals surface area contributed by atoms with Crippen molar-refractivity contribution in [2.24, 2.45) is 0 Å². The maximum atomic E-state index is 6.64. The molecule has 0 bridgehead atoms. The lowest BCUT2D eigenvalue weighted by molar-refractivity contribution is 0.670. The van der Waals surface area contributed by atoms with E-state index in [4.69, 9.17) is 4.42 Å². The number of furan rings is 1. The van der Waals surface area contributed by atoms with Crippen LogP contribution in [0.5, 0.6) is 0 Å². The third-order valence-corrected chi connectivity index (χ3v) is 10.3. The van der Waals surface area contributed by atoms with Crippen LogP contribution >= 0.6 is 0 Å². The largest absolute Gasteiger partial charge is 0.455 e. The van der Waals surface area contributed by atoms with Gasteiger partial charge < -0.3 is 9.32 Å². The fourth-order valence-electron chi connectivity index (χ4n) is 7.78. The van der Waals surface area contributed by atoms with Gasteiger partial charge in [0.1, 0.15) is 11.2 Å². The zero-order valence-corrected chi connectivity index (χ0v) is 28.0. The van der Waals surface area contributed by atoms with Crippen LogP contribution in [0.15, 0.2) is 192 Å². The molecule has 1 aliphatic carbocycles. The fourth-order valence-corrected chi connectivity index (χ4v) is 7.78. The summed E-state index contributed by atoms with van der Waals surface area (Å²) in [6, 6.07) is 67.7. The molecule has 9 aromatic rings. The molecule has 0 radical (unpaired) electrons. The molecule has 0 amide bonds. The van der Waals surface area contributed by atoms with E-state index in [1.54, 1.807) is 0 Å². The summed E-state index contributed by atoms with van der Waals surface area (Å²) in [7, 11) is 0. The minimum atomic E-state index is 0.890. The van der Waals surface area contributed by atoms with Crippen molar-refractivity contribution in [1.82, 2.24) is 0 Å². The third kappa shape index (κ3) is 5.12. The SMILES string of the molecule is c1ccc(-c2ccc(-c3cc(N(c4ccc(-c5ccccc5)cc4)c4ccc5c(c4)Cc4ccccc4-5)cc4c3oc3ccccc34)cc2)cc1. The van der Waals surface area contributed by atoms with Crippen LogP contribution in [-0.4, -0.2) is 0 Å². The van der Waals surface area contributed by atoms with Crippen LogP contribution in [0.25, 0.3) is 66.4 Å². The van der Waals surface area contributed by atoms with Crippen molar-refractivity contribution in [3.05, 3.63) is 199 Å². The number of fused-ring (bicyclic) bond motifs is 6. The lowest BCUT2D eigenvalue weighted by atomic mass is 9.97. The van der Waals surface area contributed by atoms with E-state index in [-0.39, 0.29) is 0 Å². The molecule has 1 heterocycles. The molecular weight excluding hydrogens is 619 g/mol. The predicted octanol–water partition coefficient (Wildman–Crippen LogP) is 13.6.